The van der Waals surface area contributed by atoms with Gasteiger partial charge in [0.25, 0.3) is 0 Å². The highest BCUT2D eigenvalue weighted by atomic mass is 35.5. The average molecular weight is 503 g/mol. The first-order chi connectivity index (χ1) is 16.7. The lowest BCUT2D eigenvalue weighted by Crippen LogP contribution is -2.48. The van der Waals surface area contributed by atoms with Gasteiger partial charge in [-0.2, -0.15) is 0 Å². The van der Waals surface area contributed by atoms with E-state index in [4.69, 9.17) is 9.47 Å². The van der Waals surface area contributed by atoms with E-state index in [1.807, 2.05) is 28.9 Å². The number of halogens is 2. The minimum absolute atomic E-state index is 0. The van der Waals surface area contributed by atoms with E-state index in [2.05, 4.69) is 31.4 Å². The number of hydrogen-bond acceptors (Lipinski definition) is 7. The van der Waals surface area contributed by atoms with Crippen LogP contribution in [0.4, 0.5) is 10.1 Å². The molecule has 0 amide bonds. The standard InChI is InChI=1S/C25H31FN6O2.ClH/c1-33-21-11-12-22(23(17-21)34-2)24(25-27-28-29-32(25)20-5-3-4-6-20)31-15-13-30(14-16-31)19-9-7-18(26)8-10-19;/h7-12,17,20,24H,3-6,13-16H2,1-2H3;1H. The molecule has 2 aromatic carbocycles. The number of tetrazole rings is 1. The Morgan fingerprint density at radius 1 is 0.943 bits per heavy atom. The van der Waals surface area contributed by atoms with Gasteiger partial charge in [-0.15, -0.1) is 17.5 Å². The number of benzene rings is 2. The van der Waals surface area contributed by atoms with Gasteiger partial charge >= 0.3 is 0 Å². The molecule has 2 aliphatic rings. The van der Waals surface area contributed by atoms with E-state index in [-0.39, 0.29) is 24.3 Å². The number of methoxy groups -OCH3 is 2. The molecule has 1 aromatic heterocycles. The third-order valence-electron chi connectivity index (χ3n) is 7.04. The number of rotatable bonds is 7. The Balaban J connectivity index is 0.00000289. The molecule has 0 bridgehead atoms. The average Bonchev–Trinajstić information content (AvgIpc) is 3.58. The molecule has 0 spiro atoms. The molecule has 10 heteroatoms. The van der Waals surface area contributed by atoms with Crippen LogP contribution in [0.15, 0.2) is 42.5 Å². The van der Waals surface area contributed by atoms with Gasteiger partial charge in [0.05, 0.1) is 20.3 Å². The van der Waals surface area contributed by atoms with E-state index in [9.17, 15) is 4.39 Å². The van der Waals surface area contributed by atoms with Gasteiger partial charge in [-0.05, 0) is 59.7 Å². The van der Waals surface area contributed by atoms with E-state index in [1.54, 1.807) is 14.2 Å². The Kier molecular flexibility index (Phi) is 8.07. The number of nitrogens with zero attached hydrogens (tertiary/aromatic N) is 6. The van der Waals surface area contributed by atoms with Gasteiger partial charge in [0.15, 0.2) is 5.82 Å². The Hall–Kier alpha value is -2.91. The van der Waals surface area contributed by atoms with Crippen LogP contribution in [-0.2, 0) is 0 Å². The zero-order valence-electron chi connectivity index (χ0n) is 20.1. The van der Waals surface area contributed by atoms with Crippen LogP contribution in [0.3, 0.4) is 0 Å². The van der Waals surface area contributed by atoms with E-state index >= 15 is 0 Å². The van der Waals surface area contributed by atoms with Crippen molar-refractivity contribution in [2.24, 2.45) is 0 Å². The molecule has 3 aromatic rings. The molecule has 1 aliphatic carbocycles. The van der Waals surface area contributed by atoms with Crippen molar-refractivity contribution in [2.45, 2.75) is 37.8 Å². The van der Waals surface area contributed by atoms with Gasteiger partial charge in [-0.1, -0.05) is 12.8 Å². The highest BCUT2D eigenvalue weighted by Crippen LogP contribution is 2.39. The van der Waals surface area contributed by atoms with Gasteiger partial charge in [0.2, 0.25) is 0 Å². The predicted octanol–water partition coefficient (Wildman–Crippen LogP) is 4.28. The van der Waals surface area contributed by atoms with Crippen molar-refractivity contribution in [2.75, 3.05) is 45.3 Å². The molecule has 188 valence electrons. The minimum atomic E-state index is -0.215. The summed E-state index contributed by atoms with van der Waals surface area (Å²) in [5.41, 5.74) is 2.06. The van der Waals surface area contributed by atoms with Gasteiger partial charge in [-0.3, -0.25) is 4.90 Å². The number of piperazine rings is 1. The number of aromatic nitrogens is 4. The van der Waals surface area contributed by atoms with Crippen LogP contribution in [0.2, 0.25) is 0 Å². The SMILES string of the molecule is COc1ccc(C(c2nnnn2C2CCCC2)N2CCN(c3ccc(F)cc3)CC2)c(OC)c1.Cl. The van der Waals surface area contributed by atoms with Crippen LogP contribution in [0.25, 0.3) is 0 Å². The van der Waals surface area contributed by atoms with Crippen molar-refractivity contribution >= 4 is 18.1 Å². The second kappa shape index (κ2) is 11.2. The first-order valence-electron chi connectivity index (χ1n) is 11.9. The Bertz CT molecular complexity index is 1100. The van der Waals surface area contributed by atoms with Crippen LogP contribution in [-0.4, -0.2) is 65.5 Å². The normalized spacial score (nSPS) is 17.7. The summed E-state index contributed by atoms with van der Waals surface area (Å²) in [6.45, 7) is 3.28. The zero-order chi connectivity index (χ0) is 23.5. The fraction of sp³-hybridized carbons (Fsp3) is 0.480. The lowest BCUT2D eigenvalue weighted by Gasteiger charge is -2.40. The Morgan fingerprint density at radius 2 is 1.66 bits per heavy atom. The summed E-state index contributed by atoms with van der Waals surface area (Å²) in [4.78, 5) is 4.71. The van der Waals surface area contributed by atoms with Crippen molar-refractivity contribution < 1.29 is 13.9 Å². The van der Waals surface area contributed by atoms with Crippen LogP contribution in [0, 0.1) is 5.82 Å². The topological polar surface area (TPSA) is 68.5 Å². The number of hydrogen-bond donors (Lipinski definition) is 0. The van der Waals surface area contributed by atoms with Gasteiger partial charge < -0.3 is 14.4 Å². The molecule has 1 atom stereocenters. The van der Waals surface area contributed by atoms with E-state index in [1.165, 1.54) is 25.0 Å². The third kappa shape index (κ3) is 5.21. The van der Waals surface area contributed by atoms with Gasteiger partial charge in [0, 0.05) is 43.5 Å². The summed E-state index contributed by atoms with van der Waals surface area (Å²) in [7, 11) is 3.34. The summed E-state index contributed by atoms with van der Waals surface area (Å²) in [5.74, 6) is 2.14. The van der Waals surface area contributed by atoms with Crippen LogP contribution in [0.5, 0.6) is 11.5 Å². The first kappa shape index (κ1) is 25.2. The molecule has 1 aliphatic heterocycles. The molecule has 1 unspecified atom stereocenters. The molecule has 1 saturated carbocycles. The largest absolute Gasteiger partial charge is 0.497 e. The lowest BCUT2D eigenvalue weighted by atomic mass is 10.0. The number of anilines is 1. The summed E-state index contributed by atoms with van der Waals surface area (Å²) in [5, 5.41) is 13.0. The molecule has 8 nitrogen and oxygen atoms in total. The lowest BCUT2D eigenvalue weighted by molar-refractivity contribution is 0.194. The smallest absolute Gasteiger partial charge is 0.173 e. The molecule has 2 fully saturated rings. The van der Waals surface area contributed by atoms with E-state index in [0.29, 0.717) is 6.04 Å². The minimum Gasteiger partial charge on any atom is -0.497 e. The molecule has 0 radical (unpaired) electrons. The zero-order valence-corrected chi connectivity index (χ0v) is 21.0. The number of ether oxygens (including phenoxy) is 2. The summed E-state index contributed by atoms with van der Waals surface area (Å²) < 4.78 is 26.7. The molecular formula is C25H32ClFN6O2. The van der Waals surface area contributed by atoms with Crippen molar-refractivity contribution in [1.82, 2.24) is 25.1 Å². The van der Waals surface area contributed by atoms with Gasteiger partial charge in [-0.25, -0.2) is 9.07 Å². The highest BCUT2D eigenvalue weighted by Gasteiger charge is 2.34. The molecular weight excluding hydrogens is 471 g/mol. The van der Waals surface area contributed by atoms with Gasteiger partial charge in [0.1, 0.15) is 23.4 Å². The molecule has 0 N–H and O–H groups in total. The summed E-state index contributed by atoms with van der Waals surface area (Å²) in [6, 6.07) is 12.8. The quantitative estimate of drug-likeness (QED) is 0.477. The van der Waals surface area contributed by atoms with Crippen LogP contribution < -0.4 is 14.4 Å². The second-order valence-electron chi connectivity index (χ2n) is 8.93. The molecule has 5 rings (SSSR count). The maximum Gasteiger partial charge on any atom is 0.173 e. The van der Waals surface area contributed by atoms with E-state index in [0.717, 1.165) is 67.6 Å². The summed E-state index contributed by atoms with van der Waals surface area (Å²) in [6.07, 6.45) is 4.61. The fourth-order valence-electron chi connectivity index (χ4n) is 5.22. The molecule has 2 heterocycles. The van der Waals surface area contributed by atoms with Crippen LogP contribution in [0.1, 0.15) is 49.2 Å². The predicted molar refractivity (Wildman–Crippen MR) is 134 cm³/mol. The summed E-state index contributed by atoms with van der Waals surface area (Å²) >= 11 is 0. The van der Waals surface area contributed by atoms with Crippen molar-refractivity contribution in [3.05, 3.63) is 59.7 Å². The first-order valence-corrected chi connectivity index (χ1v) is 11.9. The Morgan fingerprint density at radius 3 is 2.31 bits per heavy atom. The fourth-order valence-corrected chi connectivity index (χ4v) is 5.22. The van der Waals surface area contributed by atoms with E-state index < -0.39 is 0 Å². The van der Waals surface area contributed by atoms with Crippen molar-refractivity contribution in [3.8, 4) is 11.5 Å². The maximum atomic E-state index is 13.4. The highest BCUT2D eigenvalue weighted by molar-refractivity contribution is 5.85. The Labute approximate surface area is 211 Å². The van der Waals surface area contributed by atoms with Crippen LogP contribution >= 0.6 is 12.4 Å². The third-order valence-corrected chi connectivity index (χ3v) is 7.04. The van der Waals surface area contributed by atoms with Crippen molar-refractivity contribution in [3.63, 3.8) is 0 Å². The molecule has 35 heavy (non-hydrogen) atoms. The monoisotopic (exact) mass is 502 g/mol. The maximum absolute atomic E-state index is 13.4. The molecule has 1 saturated heterocycles. The van der Waals surface area contributed by atoms with Crippen molar-refractivity contribution in [1.29, 1.82) is 0 Å². The second-order valence-corrected chi connectivity index (χ2v) is 8.93.